The van der Waals surface area contributed by atoms with E-state index in [1.165, 1.54) is 11.3 Å². The van der Waals surface area contributed by atoms with Crippen LogP contribution in [0.3, 0.4) is 0 Å². The smallest absolute Gasteiger partial charge is 0.210 e. The van der Waals surface area contributed by atoms with E-state index in [2.05, 4.69) is 20.5 Å². The molecule has 0 spiro atoms. The third kappa shape index (κ3) is 2.99. The summed E-state index contributed by atoms with van der Waals surface area (Å²) in [5.74, 6) is 1.45. The van der Waals surface area contributed by atoms with Crippen molar-refractivity contribution in [1.29, 1.82) is 0 Å². The molecule has 0 amide bonds. The molecule has 1 aromatic carbocycles. The van der Waals surface area contributed by atoms with Gasteiger partial charge in [0.1, 0.15) is 16.5 Å². The van der Waals surface area contributed by atoms with Crippen LogP contribution in [0, 0.1) is 0 Å². The average Bonchev–Trinajstić information content (AvgIpc) is 3.04. The van der Waals surface area contributed by atoms with Gasteiger partial charge >= 0.3 is 0 Å². The zero-order valence-electron chi connectivity index (χ0n) is 12.1. The van der Waals surface area contributed by atoms with Crippen LogP contribution in [0.2, 0.25) is 0 Å². The highest BCUT2D eigenvalue weighted by molar-refractivity contribution is 7.18. The first-order chi connectivity index (χ1) is 10.8. The van der Waals surface area contributed by atoms with E-state index in [0.29, 0.717) is 10.9 Å². The molecule has 6 nitrogen and oxygen atoms in total. The highest BCUT2D eigenvalue weighted by Gasteiger charge is 2.10. The number of benzene rings is 1. The van der Waals surface area contributed by atoms with E-state index in [1.807, 2.05) is 30.3 Å². The van der Waals surface area contributed by atoms with Crippen molar-refractivity contribution in [1.82, 2.24) is 15.2 Å². The largest absolute Gasteiger partial charge is 0.497 e. The Morgan fingerprint density at radius 3 is 2.55 bits per heavy atom. The molecule has 22 heavy (non-hydrogen) atoms. The quantitative estimate of drug-likeness (QED) is 0.779. The first-order valence-corrected chi connectivity index (χ1v) is 7.35. The molecule has 0 saturated carbocycles. The Morgan fingerprint density at radius 1 is 1.00 bits per heavy atom. The van der Waals surface area contributed by atoms with Gasteiger partial charge in [0.25, 0.3) is 0 Å². The molecule has 0 unspecified atom stereocenters. The van der Waals surface area contributed by atoms with Crippen molar-refractivity contribution in [2.24, 2.45) is 0 Å². The Balaban J connectivity index is 1.86. The molecule has 0 radical (unpaired) electrons. The minimum Gasteiger partial charge on any atom is -0.497 e. The van der Waals surface area contributed by atoms with Crippen LogP contribution in [-0.4, -0.2) is 29.4 Å². The average molecular weight is 314 g/mol. The van der Waals surface area contributed by atoms with Crippen molar-refractivity contribution in [2.45, 2.75) is 0 Å². The normalized spacial score (nSPS) is 10.3. The zero-order valence-corrected chi connectivity index (χ0v) is 12.9. The number of anilines is 2. The van der Waals surface area contributed by atoms with Gasteiger partial charge in [-0.15, -0.1) is 10.2 Å². The number of methoxy groups -OCH3 is 2. The van der Waals surface area contributed by atoms with Gasteiger partial charge in [0.2, 0.25) is 5.13 Å². The maximum absolute atomic E-state index is 5.34. The molecule has 0 aliphatic heterocycles. The summed E-state index contributed by atoms with van der Waals surface area (Å²) in [6.45, 7) is 0. The van der Waals surface area contributed by atoms with Gasteiger partial charge in [0, 0.05) is 24.0 Å². The predicted octanol–water partition coefficient (Wildman–Crippen LogP) is 3.36. The van der Waals surface area contributed by atoms with Crippen LogP contribution in [0.15, 0.2) is 42.7 Å². The minimum atomic E-state index is 0.679. The molecule has 3 aromatic rings. The van der Waals surface area contributed by atoms with Gasteiger partial charge in [-0.25, -0.2) is 0 Å². The lowest BCUT2D eigenvalue weighted by Gasteiger charge is -2.10. The lowest BCUT2D eigenvalue weighted by molar-refractivity contribution is 0.405. The summed E-state index contributed by atoms with van der Waals surface area (Å²) in [6, 6.07) is 9.33. The van der Waals surface area contributed by atoms with E-state index < -0.39 is 0 Å². The second-order valence-corrected chi connectivity index (χ2v) is 5.32. The summed E-state index contributed by atoms with van der Waals surface area (Å²) in [7, 11) is 3.24. The maximum atomic E-state index is 5.34. The number of aromatic nitrogens is 3. The number of hydrogen-bond donors (Lipinski definition) is 1. The van der Waals surface area contributed by atoms with E-state index >= 15 is 0 Å². The van der Waals surface area contributed by atoms with E-state index in [0.717, 1.165) is 22.0 Å². The predicted molar refractivity (Wildman–Crippen MR) is 86.0 cm³/mol. The van der Waals surface area contributed by atoms with Crippen molar-refractivity contribution >= 4 is 22.2 Å². The Kier molecular flexibility index (Phi) is 4.15. The van der Waals surface area contributed by atoms with Crippen LogP contribution in [0.5, 0.6) is 11.5 Å². The summed E-state index contributed by atoms with van der Waals surface area (Å²) >= 11 is 1.46. The van der Waals surface area contributed by atoms with E-state index in [-0.39, 0.29) is 0 Å². The maximum Gasteiger partial charge on any atom is 0.210 e. The molecule has 2 aromatic heterocycles. The third-order valence-corrected chi connectivity index (χ3v) is 3.89. The summed E-state index contributed by atoms with van der Waals surface area (Å²) in [4.78, 5) is 4.00. The molecule has 3 rings (SSSR count). The second kappa shape index (κ2) is 6.40. The molecular formula is C15H14N4O2S. The molecule has 0 fully saturated rings. The van der Waals surface area contributed by atoms with Crippen molar-refractivity contribution < 1.29 is 9.47 Å². The Bertz CT molecular complexity index is 761. The summed E-state index contributed by atoms with van der Waals surface area (Å²) in [5.41, 5.74) is 1.76. The number of rotatable bonds is 5. The van der Waals surface area contributed by atoms with Crippen LogP contribution in [-0.2, 0) is 0 Å². The van der Waals surface area contributed by atoms with Crippen molar-refractivity contribution in [3.63, 3.8) is 0 Å². The fourth-order valence-corrected chi connectivity index (χ4v) is 2.67. The second-order valence-electron chi connectivity index (χ2n) is 4.34. The third-order valence-electron chi connectivity index (χ3n) is 3.00. The Hall–Kier alpha value is -2.67. The topological polar surface area (TPSA) is 69.2 Å². The van der Waals surface area contributed by atoms with Crippen LogP contribution in [0.25, 0.3) is 10.6 Å². The SMILES string of the molecule is COc1ccc(OC)c(Nc2nnc(-c3ccncc3)s2)c1. The minimum absolute atomic E-state index is 0.679. The van der Waals surface area contributed by atoms with Gasteiger partial charge in [0.05, 0.1) is 19.9 Å². The summed E-state index contributed by atoms with van der Waals surface area (Å²) in [5, 5.41) is 13.1. The first-order valence-electron chi connectivity index (χ1n) is 6.53. The van der Waals surface area contributed by atoms with Crippen LogP contribution in [0.4, 0.5) is 10.8 Å². The van der Waals surface area contributed by atoms with Crippen LogP contribution in [0.1, 0.15) is 0 Å². The number of nitrogens with one attached hydrogen (secondary N) is 1. The Morgan fingerprint density at radius 2 is 1.82 bits per heavy atom. The zero-order chi connectivity index (χ0) is 15.4. The highest BCUT2D eigenvalue weighted by atomic mass is 32.1. The number of hydrogen-bond acceptors (Lipinski definition) is 7. The van der Waals surface area contributed by atoms with Crippen LogP contribution < -0.4 is 14.8 Å². The van der Waals surface area contributed by atoms with E-state index in [9.17, 15) is 0 Å². The van der Waals surface area contributed by atoms with Gasteiger partial charge in [-0.3, -0.25) is 4.98 Å². The fourth-order valence-electron chi connectivity index (χ4n) is 1.91. The molecule has 0 bridgehead atoms. The molecule has 1 N–H and O–H groups in total. The van der Waals surface area contributed by atoms with E-state index in [1.54, 1.807) is 26.6 Å². The molecule has 2 heterocycles. The van der Waals surface area contributed by atoms with Crippen LogP contribution >= 0.6 is 11.3 Å². The number of ether oxygens (including phenoxy) is 2. The highest BCUT2D eigenvalue weighted by Crippen LogP contribution is 2.34. The molecule has 0 aliphatic rings. The first kappa shape index (κ1) is 14.3. The molecule has 0 saturated heterocycles. The van der Waals surface area contributed by atoms with E-state index in [4.69, 9.17) is 9.47 Å². The standard InChI is InChI=1S/C15H14N4O2S/c1-20-11-3-4-13(21-2)12(9-11)17-15-19-18-14(22-15)10-5-7-16-8-6-10/h3-9H,1-2H3,(H,17,19). The monoisotopic (exact) mass is 314 g/mol. The molecular weight excluding hydrogens is 300 g/mol. The van der Waals surface area contributed by atoms with Gasteiger partial charge in [0.15, 0.2) is 0 Å². The van der Waals surface area contributed by atoms with Crippen molar-refractivity contribution in [2.75, 3.05) is 19.5 Å². The summed E-state index contributed by atoms with van der Waals surface area (Å²) in [6.07, 6.45) is 3.46. The van der Waals surface area contributed by atoms with Gasteiger partial charge in [-0.05, 0) is 24.3 Å². The van der Waals surface area contributed by atoms with Crippen molar-refractivity contribution in [3.05, 3.63) is 42.7 Å². The molecule has 0 atom stereocenters. The molecule has 7 heteroatoms. The lowest BCUT2D eigenvalue weighted by atomic mass is 10.3. The number of pyridine rings is 1. The fraction of sp³-hybridized carbons (Fsp3) is 0.133. The lowest BCUT2D eigenvalue weighted by Crippen LogP contribution is -1.95. The van der Waals surface area contributed by atoms with Gasteiger partial charge in [-0.2, -0.15) is 0 Å². The van der Waals surface area contributed by atoms with Gasteiger partial charge in [-0.1, -0.05) is 11.3 Å². The molecule has 0 aliphatic carbocycles. The molecule has 112 valence electrons. The summed E-state index contributed by atoms with van der Waals surface area (Å²) < 4.78 is 10.6. The number of nitrogens with zero attached hydrogens (tertiary/aromatic N) is 3. The Labute approximate surface area is 131 Å². The van der Waals surface area contributed by atoms with Crippen molar-refractivity contribution in [3.8, 4) is 22.1 Å². The van der Waals surface area contributed by atoms with Gasteiger partial charge < -0.3 is 14.8 Å².